The molecule has 2 aliphatic rings. The number of nitrogens with zero attached hydrogens (tertiary/aromatic N) is 1. The topological polar surface area (TPSA) is 3.24 Å². The molecule has 154 valence electrons. The van der Waals surface area contributed by atoms with Gasteiger partial charge >= 0.3 is 0 Å². The molecule has 0 bridgehead atoms. The lowest BCUT2D eigenvalue weighted by molar-refractivity contribution is 0.289. The average molecular weight is 404 g/mol. The second-order valence-corrected chi connectivity index (χ2v) is 8.96. The van der Waals surface area contributed by atoms with Crippen molar-refractivity contribution >= 4 is 0 Å². The number of likely N-dealkylation sites (tertiary alicyclic amines) is 1. The molecule has 1 nitrogen and oxygen atoms in total. The maximum atomic E-state index is 13.4. The lowest BCUT2D eigenvalue weighted by atomic mass is 9.87. The first-order chi connectivity index (χ1) is 14.6. The molecule has 0 radical (unpaired) electrons. The molecule has 0 N–H and O–H groups in total. The second kappa shape index (κ2) is 7.96. The first-order valence-electron chi connectivity index (χ1n) is 10.9. The summed E-state index contributed by atoms with van der Waals surface area (Å²) >= 11 is 0. The quantitative estimate of drug-likeness (QED) is 0.457. The molecule has 30 heavy (non-hydrogen) atoms. The lowest BCUT2D eigenvalue weighted by Crippen LogP contribution is -2.27. The van der Waals surface area contributed by atoms with Gasteiger partial charge < -0.3 is 4.90 Å². The highest BCUT2D eigenvalue weighted by molar-refractivity contribution is 5.37. The van der Waals surface area contributed by atoms with Crippen LogP contribution in [0.3, 0.4) is 0 Å². The standard InChI is InChI=1S/C27H27F2N/c28-24-12-8-20(9-13-24)26(21-10-14-25(29)15-11-21)7-4-16-30-18-23-17-27(23,19-30)22-5-2-1-3-6-22/h1-3,5-6,8-15,23,26H,4,7,16-19H2. The highest BCUT2D eigenvalue weighted by Gasteiger charge is 2.60. The van der Waals surface area contributed by atoms with E-state index in [0.717, 1.165) is 43.0 Å². The van der Waals surface area contributed by atoms with Crippen molar-refractivity contribution in [2.75, 3.05) is 19.6 Å². The van der Waals surface area contributed by atoms with E-state index in [1.54, 1.807) is 0 Å². The van der Waals surface area contributed by atoms with Crippen LogP contribution in [0.5, 0.6) is 0 Å². The fraction of sp³-hybridized carbons (Fsp3) is 0.333. The minimum atomic E-state index is -0.223. The molecular formula is C27H27F2N. The van der Waals surface area contributed by atoms with Crippen molar-refractivity contribution in [3.63, 3.8) is 0 Å². The minimum Gasteiger partial charge on any atom is -0.302 e. The van der Waals surface area contributed by atoms with Gasteiger partial charge in [-0.1, -0.05) is 54.6 Å². The Labute approximate surface area is 177 Å². The van der Waals surface area contributed by atoms with E-state index in [1.165, 1.54) is 42.8 Å². The molecule has 1 saturated heterocycles. The fourth-order valence-corrected chi connectivity index (χ4v) is 5.41. The third-order valence-electron chi connectivity index (χ3n) is 7.08. The summed E-state index contributed by atoms with van der Waals surface area (Å²) in [6.07, 6.45) is 3.36. The van der Waals surface area contributed by atoms with Gasteiger partial charge in [-0.3, -0.25) is 0 Å². The molecule has 3 aromatic rings. The Morgan fingerprint density at radius 2 is 1.43 bits per heavy atom. The van der Waals surface area contributed by atoms with Crippen LogP contribution >= 0.6 is 0 Å². The van der Waals surface area contributed by atoms with Gasteiger partial charge in [0.05, 0.1) is 0 Å². The number of piperidine rings is 1. The van der Waals surface area contributed by atoms with Crippen LogP contribution in [0.4, 0.5) is 8.78 Å². The van der Waals surface area contributed by atoms with Crippen LogP contribution in [0.1, 0.15) is 41.9 Å². The third-order valence-corrected chi connectivity index (χ3v) is 7.08. The van der Waals surface area contributed by atoms with E-state index in [1.807, 2.05) is 24.3 Å². The van der Waals surface area contributed by atoms with Crippen molar-refractivity contribution in [2.24, 2.45) is 5.92 Å². The van der Waals surface area contributed by atoms with Gasteiger partial charge in [-0.05, 0) is 72.7 Å². The Morgan fingerprint density at radius 3 is 2.03 bits per heavy atom. The van der Waals surface area contributed by atoms with E-state index in [2.05, 4.69) is 35.2 Å². The molecule has 1 saturated carbocycles. The maximum Gasteiger partial charge on any atom is 0.123 e. The largest absolute Gasteiger partial charge is 0.302 e. The van der Waals surface area contributed by atoms with Crippen LogP contribution in [-0.2, 0) is 5.41 Å². The maximum absolute atomic E-state index is 13.4. The van der Waals surface area contributed by atoms with E-state index >= 15 is 0 Å². The van der Waals surface area contributed by atoms with Gasteiger partial charge in [0, 0.05) is 24.4 Å². The van der Waals surface area contributed by atoms with Crippen molar-refractivity contribution in [3.8, 4) is 0 Å². The van der Waals surface area contributed by atoms with Crippen molar-refractivity contribution in [1.29, 1.82) is 0 Å². The normalized spacial score (nSPS) is 23.0. The highest BCUT2D eigenvalue weighted by Crippen LogP contribution is 2.58. The first kappa shape index (κ1) is 19.4. The summed E-state index contributed by atoms with van der Waals surface area (Å²) in [6, 6.07) is 24.5. The predicted molar refractivity (Wildman–Crippen MR) is 117 cm³/mol. The molecule has 2 unspecified atom stereocenters. The zero-order chi connectivity index (χ0) is 20.6. The lowest BCUT2D eigenvalue weighted by Gasteiger charge is -2.23. The van der Waals surface area contributed by atoms with Gasteiger partial charge in [-0.25, -0.2) is 8.78 Å². The van der Waals surface area contributed by atoms with Crippen LogP contribution in [-0.4, -0.2) is 24.5 Å². The smallest absolute Gasteiger partial charge is 0.123 e. The molecule has 2 fully saturated rings. The third kappa shape index (κ3) is 3.79. The van der Waals surface area contributed by atoms with Gasteiger partial charge in [0.25, 0.3) is 0 Å². The number of rotatable bonds is 7. The van der Waals surface area contributed by atoms with Crippen molar-refractivity contribution < 1.29 is 8.78 Å². The Hall–Kier alpha value is -2.52. The van der Waals surface area contributed by atoms with Gasteiger partial charge in [0.1, 0.15) is 11.6 Å². The van der Waals surface area contributed by atoms with Crippen LogP contribution in [0.25, 0.3) is 0 Å². The van der Waals surface area contributed by atoms with E-state index in [0.29, 0.717) is 5.41 Å². The number of benzene rings is 3. The summed E-state index contributed by atoms with van der Waals surface area (Å²) in [4.78, 5) is 2.60. The second-order valence-electron chi connectivity index (χ2n) is 8.96. The molecule has 2 atom stereocenters. The van der Waals surface area contributed by atoms with Crippen LogP contribution < -0.4 is 0 Å². The van der Waals surface area contributed by atoms with E-state index in [4.69, 9.17) is 0 Å². The number of hydrogen-bond donors (Lipinski definition) is 0. The fourth-order valence-electron chi connectivity index (χ4n) is 5.41. The summed E-state index contributed by atoms with van der Waals surface area (Å²) in [7, 11) is 0. The van der Waals surface area contributed by atoms with Gasteiger partial charge in [0.2, 0.25) is 0 Å². The monoisotopic (exact) mass is 403 g/mol. The van der Waals surface area contributed by atoms with Crippen LogP contribution in [0.15, 0.2) is 78.9 Å². The SMILES string of the molecule is Fc1ccc(C(CCCN2CC3CC3(c3ccccc3)C2)c2ccc(F)cc2)cc1. The van der Waals surface area contributed by atoms with Gasteiger partial charge in [-0.2, -0.15) is 0 Å². The average Bonchev–Trinajstić information content (AvgIpc) is 3.35. The Balaban J connectivity index is 1.24. The number of halogens is 2. The van der Waals surface area contributed by atoms with Gasteiger partial charge in [0.15, 0.2) is 0 Å². The zero-order valence-corrected chi connectivity index (χ0v) is 17.1. The minimum absolute atomic E-state index is 0.159. The molecule has 0 aromatic heterocycles. The van der Waals surface area contributed by atoms with Crippen molar-refractivity contribution in [3.05, 3.63) is 107 Å². The molecule has 1 aliphatic carbocycles. The molecule has 5 rings (SSSR count). The van der Waals surface area contributed by atoms with Gasteiger partial charge in [-0.15, -0.1) is 0 Å². The van der Waals surface area contributed by atoms with Crippen molar-refractivity contribution in [2.45, 2.75) is 30.6 Å². The summed E-state index contributed by atoms with van der Waals surface area (Å²) in [5, 5.41) is 0. The zero-order valence-electron chi connectivity index (χ0n) is 17.1. The van der Waals surface area contributed by atoms with E-state index < -0.39 is 0 Å². The molecule has 1 heterocycles. The van der Waals surface area contributed by atoms with Crippen molar-refractivity contribution in [1.82, 2.24) is 4.90 Å². The molecule has 0 spiro atoms. The molecule has 3 aromatic carbocycles. The van der Waals surface area contributed by atoms with E-state index in [-0.39, 0.29) is 17.6 Å². The summed E-state index contributed by atoms with van der Waals surface area (Å²) in [5.74, 6) is 0.509. The Morgan fingerprint density at radius 1 is 0.833 bits per heavy atom. The van der Waals surface area contributed by atoms with Crippen LogP contribution in [0.2, 0.25) is 0 Å². The Kier molecular flexibility index (Phi) is 5.16. The molecule has 1 aliphatic heterocycles. The summed E-state index contributed by atoms with van der Waals surface area (Å²) in [6.45, 7) is 3.41. The van der Waals surface area contributed by atoms with E-state index in [9.17, 15) is 8.78 Å². The molecule has 3 heteroatoms. The first-order valence-corrected chi connectivity index (χ1v) is 10.9. The molecular weight excluding hydrogens is 376 g/mol. The number of hydrogen-bond acceptors (Lipinski definition) is 1. The summed E-state index contributed by atoms with van der Waals surface area (Å²) in [5.41, 5.74) is 4.06. The Bertz CT molecular complexity index is 938. The summed E-state index contributed by atoms with van der Waals surface area (Å²) < 4.78 is 26.8. The molecule has 0 amide bonds. The highest BCUT2D eigenvalue weighted by atomic mass is 19.1. The predicted octanol–water partition coefficient (Wildman–Crippen LogP) is 6.15. The number of fused-ring (bicyclic) bond motifs is 1. The van der Waals surface area contributed by atoms with Crippen LogP contribution in [0, 0.1) is 17.6 Å².